The lowest BCUT2D eigenvalue weighted by Crippen LogP contribution is -2.33. The van der Waals surface area contributed by atoms with Crippen molar-refractivity contribution in [3.63, 3.8) is 0 Å². The van der Waals surface area contributed by atoms with E-state index in [1.54, 1.807) is 0 Å². The van der Waals surface area contributed by atoms with Gasteiger partial charge in [0.15, 0.2) is 18.9 Å². The van der Waals surface area contributed by atoms with E-state index in [0.717, 1.165) is 5.92 Å². The Morgan fingerprint density at radius 2 is 1.92 bits per heavy atom. The van der Waals surface area contributed by atoms with Gasteiger partial charge in [-0.2, -0.15) is 0 Å². The fourth-order valence-corrected chi connectivity index (χ4v) is 1.47. The Hall–Kier alpha value is -1.05. The third-order valence-electron chi connectivity index (χ3n) is 2.56. The maximum atomic E-state index is 2.28. The Kier molecular flexibility index (Phi) is 2.21. The lowest BCUT2D eigenvalue weighted by atomic mass is 10.3. The van der Waals surface area contributed by atoms with Crippen molar-refractivity contribution in [1.82, 2.24) is 0 Å². The highest BCUT2D eigenvalue weighted by atomic mass is 15.1. The van der Waals surface area contributed by atoms with Crippen LogP contribution in [0, 0.1) is 5.92 Å². The summed E-state index contributed by atoms with van der Waals surface area (Å²) in [6.45, 7) is 1.20. The number of aromatic nitrogens is 1. The molecule has 1 heterocycles. The Labute approximate surface area is 79.8 Å². The number of nitrogens with zero attached hydrogens (tertiary/aromatic N) is 2. The summed E-state index contributed by atoms with van der Waals surface area (Å²) in [4.78, 5) is 2.13. The molecule has 0 saturated heterocycles. The molecule has 0 aromatic carbocycles. The van der Waals surface area contributed by atoms with Gasteiger partial charge < -0.3 is 4.90 Å². The summed E-state index contributed by atoms with van der Waals surface area (Å²) in [5.41, 5.74) is 1.27. The molecule has 0 aliphatic heterocycles. The molecule has 1 aromatic heterocycles. The van der Waals surface area contributed by atoms with Crippen molar-refractivity contribution in [2.75, 3.05) is 19.0 Å². The van der Waals surface area contributed by atoms with Gasteiger partial charge in [0.05, 0.1) is 0 Å². The summed E-state index contributed by atoms with van der Waals surface area (Å²) < 4.78 is 2.28. The van der Waals surface area contributed by atoms with Gasteiger partial charge in [0.2, 0.25) is 0 Å². The summed E-state index contributed by atoms with van der Waals surface area (Å²) in [5.74, 6) is 0.954. The fraction of sp³-hybridized carbons (Fsp3) is 0.545. The van der Waals surface area contributed by atoms with Crippen molar-refractivity contribution in [1.29, 1.82) is 0 Å². The van der Waals surface area contributed by atoms with Crippen molar-refractivity contribution in [3.05, 3.63) is 24.5 Å². The summed E-state index contributed by atoms with van der Waals surface area (Å²) >= 11 is 0. The van der Waals surface area contributed by atoms with Gasteiger partial charge in [-0.25, -0.2) is 4.57 Å². The van der Waals surface area contributed by atoms with Crippen molar-refractivity contribution in [2.24, 2.45) is 5.92 Å². The molecule has 0 N–H and O–H groups in total. The molecule has 2 rings (SSSR count). The topological polar surface area (TPSA) is 7.12 Å². The quantitative estimate of drug-likeness (QED) is 0.634. The normalized spacial score (nSPS) is 15.8. The van der Waals surface area contributed by atoms with E-state index in [0.29, 0.717) is 0 Å². The molecule has 2 nitrogen and oxygen atoms in total. The number of anilines is 1. The van der Waals surface area contributed by atoms with Gasteiger partial charge in [-0.05, 0) is 12.8 Å². The summed E-state index contributed by atoms with van der Waals surface area (Å²) in [6, 6.07) is 4.34. The summed E-state index contributed by atoms with van der Waals surface area (Å²) in [6.07, 6.45) is 7.19. The molecular weight excluding hydrogens is 160 g/mol. The molecule has 0 atom stereocenters. The lowest BCUT2D eigenvalue weighted by Gasteiger charge is -2.10. The van der Waals surface area contributed by atoms with E-state index in [9.17, 15) is 0 Å². The molecule has 2 heteroatoms. The van der Waals surface area contributed by atoms with Crippen LogP contribution < -0.4 is 9.47 Å². The maximum Gasteiger partial charge on any atom is 0.170 e. The SMILES string of the molecule is CN(C)c1cc[n+](CC2CC2)cc1. The standard InChI is InChI=1S/C11H17N2/c1-12(2)11-5-7-13(8-6-11)9-10-3-4-10/h5-8,10H,3-4,9H2,1-2H3/q+1. The predicted octanol–water partition coefficient (Wildman–Crippen LogP) is 1.45. The fourth-order valence-electron chi connectivity index (χ4n) is 1.47. The zero-order valence-corrected chi connectivity index (χ0v) is 8.40. The molecule has 0 bridgehead atoms. The smallest absolute Gasteiger partial charge is 0.170 e. The Morgan fingerprint density at radius 1 is 1.31 bits per heavy atom. The van der Waals surface area contributed by atoms with Gasteiger partial charge in [-0.15, -0.1) is 0 Å². The highest BCUT2D eigenvalue weighted by Crippen LogP contribution is 2.28. The molecule has 0 unspecified atom stereocenters. The number of hydrogen-bond donors (Lipinski definition) is 0. The Morgan fingerprint density at radius 3 is 2.38 bits per heavy atom. The van der Waals surface area contributed by atoms with Crippen LogP contribution in [0.2, 0.25) is 0 Å². The highest BCUT2D eigenvalue weighted by molar-refractivity contribution is 5.41. The van der Waals surface area contributed by atoms with Crippen LogP contribution in [0.4, 0.5) is 5.69 Å². The zero-order chi connectivity index (χ0) is 9.26. The minimum absolute atomic E-state index is 0.954. The van der Waals surface area contributed by atoms with Crippen molar-refractivity contribution in [2.45, 2.75) is 19.4 Å². The van der Waals surface area contributed by atoms with E-state index in [1.165, 1.54) is 25.1 Å². The van der Waals surface area contributed by atoms with Crippen molar-refractivity contribution >= 4 is 5.69 Å². The van der Waals surface area contributed by atoms with Crippen LogP contribution in [0.25, 0.3) is 0 Å². The van der Waals surface area contributed by atoms with Gasteiger partial charge in [0, 0.05) is 37.8 Å². The highest BCUT2D eigenvalue weighted by Gasteiger charge is 2.25. The average Bonchev–Trinajstić information content (AvgIpc) is 2.89. The van der Waals surface area contributed by atoms with Gasteiger partial charge >= 0.3 is 0 Å². The zero-order valence-electron chi connectivity index (χ0n) is 8.40. The monoisotopic (exact) mass is 177 g/mol. The molecule has 1 saturated carbocycles. The van der Waals surface area contributed by atoms with Gasteiger partial charge in [0.25, 0.3) is 0 Å². The van der Waals surface area contributed by atoms with Gasteiger partial charge in [-0.1, -0.05) is 0 Å². The van der Waals surface area contributed by atoms with Crippen LogP contribution >= 0.6 is 0 Å². The van der Waals surface area contributed by atoms with E-state index < -0.39 is 0 Å². The molecular formula is C11H17N2+. The first-order valence-corrected chi connectivity index (χ1v) is 4.92. The second kappa shape index (κ2) is 3.36. The van der Waals surface area contributed by atoms with Gasteiger partial charge in [-0.3, -0.25) is 0 Å². The number of hydrogen-bond acceptors (Lipinski definition) is 1. The van der Waals surface area contributed by atoms with Crippen LogP contribution in [0.1, 0.15) is 12.8 Å². The molecule has 1 aromatic rings. The molecule has 1 aliphatic rings. The summed E-state index contributed by atoms with van der Waals surface area (Å²) in [7, 11) is 4.14. The van der Waals surface area contributed by atoms with Crippen LogP contribution in [0.15, 0.2) is 24.5 Å². The molecule has 0 radical (unpaired) electrons. The average molecular weight is 177 g/mol. The molecule has 0 amide bonds. The Bertz CT molecular complexity index is 273. The van der Waals surface area contributed by atoms with E-state index in [-0.39, 0.29) is 0 Å². The first-order valence-electron chi connectivity index (χ1n) is 4.92. The summed E-state index contributed by atoms with van der Waals surface area (Å²) in [5, 5.41) is 0. The number of rotatable bonds is 3. The Balaban J connectivity index is 2.04. The molecule has 13 heavy (non-hydrogen) atoms. The lowest BCUT2D eigenvalue weighted by molar-refractivity contribution is -0.700. The number of pyridine rings is 1. The molecule has 1 aliphatic carbocycles. The molecule has 1 fully saturated rings. The third-order valence-corrected chi connectivity index (χ3v) is 2.56. The minimum atomic E-state index is 0.954. The molecule has 0 spiro atoms. The van der Waals surface area contributed by atoms with E-state index in [2.05, 4.69) is 48.1 Å². The van der Waals surface area contributed by atoms with E-state index in [1.807, 2.05) is 0 Å². The van der Waals surface area contributed by atoms with Crippen LogP contribution in [-0.4, -0.2) is 14.1 Å². The maximum absolute atomic E-state index is 2.28. The first-order chi connectivity index (χ1) is 6.25. The van der Waals surface area contributed by atoms with E-state index in [4.69, 9.17) is 0 Å². The van der Waals surface area contributed by atoms with Crippen LogP contribution in [0.3, 0.4) is 0 Å². The van der Waals surface area contributed by atoms with Crippen LogP contribution in [0.5, 0.6) is 0 Å². The van der Waals surface area contributed by atoms with Gasteiger partial charge in [0.1, 0.15) is 0 Å². The largest absolute Gasteiger partial charge is 0.377 e. The first kappa shape index (κ1) is 8.54. The third kappa shape index (κ3) is 2.20. The van der Waals surface area contributed by atoms with Crippen LogP contribution in [-0.2, 0) is 6.54 Å². The van der Waals surface area contributed by atoms with E-state index >= 15 is 0 Å². The second-order valence-electron chi connectivity index (χ2n) is 4.09. The minimum Gasteiger partial charge on any atom is -0.377 e. The molecule has 70 valence electrons. The second-order valence-corrected chi connectivity index (χ2v) is 4.09. The predicted molar refractivity (Wildman–Crippen MR) is 53.7 cm³/mol. The van der Waals surface area contributed by atoms with Crippen molar-refractivity contribution < 1.29 is 4.57 Å². The van der Waals surface area contributed by atoms with Crippen molar-refractivity contribution in [3.8, 4) is 0 Å².